The molecule has 1 aromatic heterocycles. The second-order valence-corrected chi connectivity index (χ2v) is 7.55. The van der Waals surface area contributed by atoms with Gasteiger partial charge in [0.15, 0.2) is 17.5 Å². The Bertz CT molecular complexity index is 801. The molecular formula is C24H36N4O3. The van der Waals surface area contributed by atoms with E-state index in [9.17, 15) is 0 Å². The van der Waals surface area contributed by atoms with E-state index in [-0.39, 0.29) is 6.04 Å². The summed E-state index contributed by atoms with van der Waals surface area (Å²) < 4.78 is 17.1. The van der Waals surface area contributed by atoms with E-state index in [4.69, 9.17) is 13.9 Å². The number of guanidine groups is 1. The fourth-order valence-electron chi connectivity index (χ4n) is 3.93. The van der Waals surface area contributed by atoms with Crippen LogP contribution in [0.3, 0.4) is 0 Å². The number of nitrogens with one attached hydrogen (secondary N) is 2. The lowest BCUT2D eigenvalue weighted by Gasteiger charge is -2.26. The standard InChI is InChI=1S/C24H36N4O3/c1-4-29-22-11-10-19(17-23(22)30-5-2)12-13-26-24(25-3)27-18-20(21-9-8-16-31-21)28-14-6-7-15-28/h8-11,16-17,20H,4-7,12-15,18H2,1-3H3,(H2,25,26,27). The summed E-state index contributed by atoms with van der Waals surface area (Å²) in [4.78, 5) is 6.87. The summed E-state index contributed by atoms with van der Waals surface area (Å²) in [5, 5.41) is 6.89. The smallest absolute Gasteiger partial charge is 0.191 e. The number of furan rings is 1. The Balaban J connectivity index is 1.51. The van der Waals surface area contributed by atoms with Gasteiger partial charge in [0, 0.05) is 20.1 Å². The molecule has 0 saturated carbocycles. The van der Waals surface area contributed by atoms with Crippen molar-refractivity contribution in [1.82, 2.24) is 15.5 Å². The maximum Gasteiger partial charge on any atom is 0.191 e. The van der Waals surface area contributed by atoms with E-state index in [0.29, 0.717) is 13.2 Å². The quantitative estimate of drug-likeness (QED) is 0.421. The number of aliphatic imine (C=N–C) groups is 1. The molecule has 1 saturated heterocycles. The molecule has 7 heteroatoms. The first-order chi connectivity index (χ1) is 15.2. The minimum absolute atomic E-state index is 0.218. The second kappa shape index (κ2) is 12.2. The van der Waals surface area contributed by atoms with Gasteiger partial charge in [-0.15, -0.1) is 0 Å². The van der Waals surface area contributed by atoms with Crippen LogP contribution in [0.2, 0.25) is 0 Å². The van der Waals surface area contributed by atoms with Crippen molar-refractivity contribution in [2.75, 3.05) is 46.4 Å². The lowest BCUT2D eigenvalue weighted by atomic mass is 10.1. The van der Waals surface area contributed by atoms with E-state index >= 15 is 0 Å². The SMILES string of the molecule is CCOc1ccc(CCNC(=NC)NCC(c2ccco2)N2CCCC2)cc1OCC. The molecule has 1 aliphatic heterocycles. The highest BCUT2D eigenvalue weighted by Gasteiger charge is 2.25. The number of hydrogen-bond donors (Lipinski definition) is 2. The Morgan fingerprint density at radius 2 is 1.87 bits per heavy atom. The van der Waals surface area contributed by atoms with E-state index in [1.54, 1.807) is 13.3 Å². The summed E-state index contributed by atoms with van der Waals surface area (Å²) in [6.07, 6.45) is 5.10. The van der Waals surface area contributed by atoms with Crippen molar-refractivity contribution in [1.29, 1.82) is 0 Å². The zero-order valence-electron chi connectivity index (χ0n) is 19.0. The summed E-state index contributed by atoms with van der Waals surface area (Å²) in [7, 11) is 1.80. The van der Waals surface area contributed by atoms with Crippen molar-refractivity contribution in [2.45, 2.75) is 39.2 Å². The molecule has 1 atom stereocenters. The minimum atomic E-state index is 0.218. The van der Waals surface area contributed by atoms with Crippen LogP contribution in [0, 0.1) is 0 Å². The van der Waals surface area contributed by atoms with Crippen LogP contribution in [-0.2, 0) is 6.42 Å². The van der Waals surface area contributed by atoms with Crippen molar-refractivity contribution in [3.8, 4) is 11.5 Å². The molecule has 0 radical (unpaired) electrons. The Morgan fingerprint density at radius 3 is 2.55 bits per heavy atom. The summed E-state index contributed by atoms with van der Waals surface area (Å²) in [5.74, 6) is 3.40. The van der Waals surface area contributed by atoms with Crippen LogP contribution in [0.25, 0.3) is 0 Å². The van der Waals surface area contributed by atoms with E-state index in [0.717, 1.165) is 55.8 Å². The number of benzene rings is 1. The third kappa shape index (κ3) is 6.66. The molecule has 0 amide bonds. The average Bonchev–Trinajstić information content (AvgIpc) is 3.50. The lowest BCUT2D eigenvalue weighted by molar-refractivity contribution is 0.215. The minimum Gasteiger partial charge on any atom is -0.490 e. The third-order valence-corrected chi connectivity index (χ3v) is 5.45. The van der Waals surface area contributed by atoms with E-state index < -0.39 is 0 Å². The average molecular weight is 429 g/mol. The van der Waals surface area contributed by atoms with Gasteiger partial charge in [-0.05, 0) is 76.0 Å². The van der Waals surface area contributed by atoms with E-state index in [2.05, 4.69) is 38.7 Å². The van der Waals surface area contributed by atoms with Gasteiger partial charge >= 0.3 is 0 Å². The Morgan fingerprint density at radius 1 is 1.10 bits per heavy atom. The summed E-state index contributed by atoms with van der Waals surface area (Å²) in [6, 6.07) is 10.4. The molecule has 7 nitrogen and oxygen atoms in total. The molecule has 0 aliphatic carbocycles. The summed E-state index contributed by atoms with van der Waals surface area (Å²) in [5.41, 5.74) is 1.19. The van der Waals surface area contributed by atoms with Crippen molar-refractivity contribution in [2.24, 2.45) is 4.99 Å². The molecule has 3 rings (SSSR count). The Labute approximate surface area is 185 Å². The fraction of sp³-hybridized carbons (Fsp3) is 0.542. The molecular weight excluding hydrogens is 392 g/mol. The highest BCUT2D eigenvalue weighted by atomic mass is 16.5. The maximum atomic E-state index is 5.73. The van der Waals surface area contributed by atoms with Gasteiger partial charge in [-0.25, -0.2) is 0 Å². The van der Waals surface area contributed by atoms with Crippen LogP contribution in [0.1, 0.15) is 44.1 Å². The van der Waals surface area contributed by atoms with Crippen LogP contribution in [0.5, 0.6) is 11.5 Å². The van der Waals surface area contributed by atoms with Gasteiger partial charge < -0.3 is 24.5 Å². The van der Waals surface area contributed by atoms with Crippen LogP contribution < -0.4 is 20.1 Å². The largest absolute Gasteiger partial charge is 0.490 e. The van der Waals surface area contributed by atoms with Crippen LogP contribution >= 0.6 is 0 Å². The lowest BCUT2D eigenvalue weighted by Crippen LogP contribution is -2.43. The van der Waals surface area contributed by atoms with E-state index in [1.807, 2.05) is 26.0 Å². The molecule has 1 aliphatic rings. The van der Waals surface area contributed by atoms with Gasteiger partial charge in [-0.2, -0.15) is 0 Å². The third-order valence-electron chi connectivity index (χ3n) is 5.45. The molecule has 31 heavy (non-hydrogen) atoms. The van der Waals surface area contributed by atoms with Crippen molar-refractivity contribution in [3.63, 3.8) is 0 Å². The first-order valence-electron chi connectivity index (χ1n) is 11.4. The van der Waals surface area contributed by atoms with Gasteiger partial charge in [0.25, 0.3) is 0 Å². The predicted molar refractivity (Wildman–Crippen MR) is 124 cm³/mol. The first-order valence-corrected chi connectivity index (χ1v) is 11.4. The molecule has 0 bridgehead atoms. The Hall–Kier alpha value is -2.67. The van der Waals surface area contributed by atoms with E-state index in [1.165, 1.54) is 18.4 Å². The number of likely N-dealkylation sites (tertiary alicyclic amines) is 1. The molecule has 2 aromatic rings. The number of nitrogens with zero attached hydrogens (tertiary/aromatic N) is 2. The molecule has 0 spiro atoms. The summed E-state index contributed by atoms with van der Waals surface area (Å²) >= 11 is 0. The van der Waals surface area contributed by atoms with Gasteiger partial charge in [-0.1, -0.05) is 6.07 Å². The van der Waals surface area contributed by atoms with Crippen molar-refractivity contribution >= 4 is 5.96 Å². The molecule has 2 N–H and O–H groups in total. The Kier molecular flexibility index (Phi) is 9.09. The number of hydrogen-bond acceptors (Lipinski definition) is 5. The molecule has 170 valence electrons. The maximum absolute atomic E-state index is 5.73. The van der Waals surface area contributed by atoms with Crippen LogP contribution in [0.15, 0.2) is 46.0 Å². The zero-order chi connectivity index (χ0) is 21.9. The fourth-order valence-corrected chi connectivity index (χ4v) is 3.93. The van der Waals surface area contributed by atoms with Gasteiger partial charge in [0.2, 0.25) is 0 Å². The normalized spacial score (nSPS) is 15.6. The first kappa shape index (κ1) is 23.0. The topological polar surface area (TPSA) is 71.3 Å². The molecule has 2 heterocycles. The van der Waals surface area contributed by atoms with Crippen molar-refractivity contribution in [3.05, 3.63) is 47.9 Å². The monoisotopic (exact) mass is 428 g/mol. The molecule has 1 fully saturated rings. The highest BCUT2D eigenvalue weighted by molar-refractivity contribution is 5.79. The van der Waals surface area contributed by atoms with Gasteiger partial charge in [0.1, 0.15) is 5.76 Å². The zero-order valence-corrected chi connectivity index (χ0v) is 19.0. The highest BCUT2D eigenvalue weighted by Crippen LogP contribution is 2.28. The molecule has 1 unspecified atom stereocenters. The summed E-state index contributed by atoms with van der Waals surface area (Å²) in [6.45, 7) is 8.95. The number of rotatable bonds is 11. The second-order valence-electron chi connectivity index (χ2n) is 7.55. The van der Waals surface area contributed by atoms with Crippen LogP contribution in [0.4, 0.5) is 0 Å². The van der Waals surface area contributed by atoms with Gasteiger partial charge in [0.05, 0.1) is 25.5 Å². The molecule has 1 aromatic carbocycles. The predicted octanol–water partition coefficient (Wildman–Crippen LogP) is 3.62. The number of ether oxygens (including phenoxy) is 2. The van der Waals surface area contributed by atoms with Crippen molar-refractivity contribution < 1.29 is 13.9 Å². The van der Waals surface area contributed by atoms with Gasteiger partial charge in [-0.3, -0.25) is 9.89 Å². The van der Waals surface area contributed by atoms with Crippen LogP contribution in [-0.4, -0.2) is 57.3 Å².